The maximum Gasteiger partial charge on any atom is 0.278 e. The van der Waals surface area contributed by atoms with Gasteiger partial charge in [-0.1, -0.05) is 30.3 Å². The lowest BCUT2D eigenvalue weighted by Crippen LogP contribution is -2.44. The number of hydroxylamine groups is 1. The van der Waals surface area contributed by atoms with Crippen molar-refractivity contribution < 1.29 is 14.8 Å². The van der Waals surface area contributed by atoms with Crippen LogP contribution in [0.15, 0.2) is 36.5 Å². The molecule has 2 aromatic rings. The topological polar surface area (TPSA) is 107 Å². The van der Waals surface area contributed by atoms with E-state index in [0.29, 0.717) is 24.6 Å². The molecule has 1 saturated heterocycles. The van der Waals surface area contributed by atoms with Crippen molar-refractivity contribution in [2.75, 3.05) is 31.1 Å². The number of anilines is 1. The summed E-state index contributed by atoms with van der Waals surface area (Å²) in [6.07, 6.45) is 1.27. The number of amides is 1. The van der Waals surface area contributed by atoms with Crippen LogP contribution in [0.5, 0.6) is 0 Å². The fraction of sp³-hybridized carbons (Fsp3) is 0.250. The van der Waals surface area contributed by atoms with Gasteiger partial charge in [0.25, 0.3) is 5.91 Å². The molecular formula is C16H17N5O3. The van der Waals surface area contributed by atoms with Crippen molar-refractivity contribution in [3.05, 3.63) is 53.3 Å². The van der Waals surface area contributed by atoms with E-state index in [-0.39, 0.29) is 11.3 Å². The van der Waals surface area contributed by atoms with Gasteiger partial charge in [0.2, 0.25) is 11.7 Å². The van der Waals surface area contributed by atoms with E-state index in [1.165, 1.54) is 11.7 Å². The Morgan fingerprint density at radius 1 is 1.17 bits per heavy atom. The van der Waals surface area contributed by atoms with Crippen molar-refractivity contribution in [3.8, 4) is 0 Å². The second-order valence-corrected chi connectivity index (χ2v) is 5.31. The first-order valence-corrected chi connectivity index (χ1v) is 7.57. The molecule has 2 heterocycles. The van der Waals surface area contributed by atoms with E-state index in [1.807, 2.05) is 4.90 Å². The van der Waals surface area contributed by atoms with Crippen molar-refractivity contribution in [2.24, 2.45) is 0 Å². The Labute approximate surface area is 138 Å². The Hall–Kier alpha value is -2.84. The van der Waals surface area contributed by atoms with Crippen LogP contribution in [0.2, 0.25) is 0 Å². The van der Waals surface area contributed by atoms with Crippen molar-refractivity contribution in [3.63, 3.8) is 0 Å². The summed E-state index contributed by atoms with van der Waals surface area (Å²) < 4.78 is 0. The first-order valence-electron chi connectivity index (χ1n) is 7.57. The lowest BCUT2D eigenvalue weighted by molar-refractivity contribution is 0.0702. The molecule has 0 bridgehead atoms. The number of piperazine rings is 1. The molecule has 1 aliphatic rings. The SMILES string of the molecule is O=C(NO)c1cnc(N2CCNCC2)nc1C(=O)c1ccccc1. The quantitative estimate of drug-likeness (QED) is 0.419. The second kappa shape index (κ2) is 7.16. The lowest BCUT2D eigenvalue weighted by atomic mass is 10.0. The molecule has 1 aromatic carbocycles. The van der Waals surface area contributed by atoms with Crippen LogP contribution < -0.4 is 15.7 Å². The average Bonchev–Trinajstić information content (AvgIpc) is 2.67. The number of hydrogen-bond donors (Lipinski definition) is 3. The summed E-state index contributed by atoms with van der Waals surface area (Å²) in [6.45, 7) is 3.02. The van der Waals surface area contributed by atoms with Gasteiger partial charge in [-0.2, -0.15) is 0 Å². The Bertz CT molecular complexity index is 745. The maximum absolute atomic E-state index is 12.7. The molecule has 0 atom stereocenters. The highest BCUT2D eigenvalue weighted by Crippen LogP contribution is 2.16. The zero-order valence-electron chi connectivity index (χ0n) is 12.9. The number of rotatable bonds is 4. The molecule has 1 aliphatic heterocycles. The highest BCUT2D eigenvalue weighted by Gasteiger charge is 2.23. The van der Waals surface area contributed by atoms with Gasteiger partial charge in [-0.05, 0) is 0 Å². The van der Waals surface area contributed by atoms with Crippen molar-refractivity contribution in [2.45, 2.75) is 0 Å². The molecule has 0 aliphatic carbocycles. The molecule has 1 aromatic heterocycles. The maximum atomic E-state index is 12.7. The first-order chi connectivity index (χ1) is 11.7. The largest absolute Gasteiger partial charge is 0.338 e. The predicted octanol–water partition coefficient (Wildman–Crippen LogP) is 0.236. The molecule has 24 heavy (non-hydrogen) atoms. The van der Waals surface area contributed by atoms with E-state index >= 15 is 0 Å². The van der Waals surface area contributed by atoms with Crippen LogP contribution >= 0.6 is 0 Å². The van der Waals surface area contributed by atoms with Crippen LogP contribution in [-0.4, -0.2) is 53.0 Å². The van der Waals surface area contributed by atoms with Crippen LogP contribution in [0.25, 0.3) is 0 Å². The molecule has 8 nitrogen and oxygen atoms in total. The Kier molecular flexibility index (Phi) is 4.78. The second-order valence-electron chi connectivity index (χ2n) is 5.31. The molecule has 0 spiro atoms. The normalized spacial score (nSPS) is 14.3. The summed E-state index contributed by atoms with van der Waals surface area (Å²) in [7, 11) is 0. The monoisotopic (exact) mass is 327 g/mol. The highest BCUT2D eigenvalue weighted by molar-refractivity contribution is 6.13. The van der Waals surface area contributed by atoms with Crippen LogP contribution in [0.3, 0.4) is 0 Å². The van der Waals surface area contributed by atoms with Gasteiger partial charge in [0, 0.05) is 37.9 Å². The number of benzene rings is 1. The average molecular weight is 327 g/mol. The zero-order chi connectivity index (χ0) is 16.9. The number of ketones is 1. The van der Waals surface area contributed by atoms with E-state index < -0.39 is 11.7 Å². The summed E-state index contributed by atoms with van der Waals surface area (Å²) in [5, 5.41) is 12.1. The number of nitrogens with one attached hydrogen (secondary N) is 2. The van der Waals surface area contributed by atoms with Gasteiger partial charge < -0.3 is 10.2 Å². The molecule has 0 unspecified atom stereocenters. The first kappa shape index (κ1) is 16.0. The number of carbonyl (C=O) groups excluding carboxylic acids is 2. The van der Waals surface area contributed by atoms with Crippen molar-refractivity contribution in [1.82, 2.24) is 20.8 Å². The molecule has 3 rings (SSSR count). The molecule has 0 saturated carbocycles. The van der Waals surface area contributed by atoms with Crippen LogP contribution in [0.4, 0.5) is 5.95 Å². The molecule has 3 N–H and O–H groups in total. The van der Waals surface area contributed by atoms with E-state index in [9.17, 15) is 9.59 Å². The van der Waals surface area contributed by atoms with Gasteiger partial charge >= 0.3 is 0 Å². The zero-order valence-corrected chi connectivity index (χ0v) is 12.9. The van der Waals surface area contributed by atoms with Gasteiger partial charge in [0.05, 0.1) is 5.56 Å². The Balaban J connectivity index is 2.02. The van der Waals surface area contributed by atoms with E-state index in [2.05, 4.69) is 15.3 Å². The Morgan fingerprint density at radius 3 is 2.54 bits per heavy atom. The molecule has 1 fully saturated rings. The van der Waals surface area contributed by atoms with Crippen molar-refractivity contribution >= 4 is 17.6 Å². The number of nitrogens with zero attached hydrogens (tertiary/aromatic N) is 3. The molecule has 124 valence electrons. The third kappa shape index (κ3) is 3.24. The fourth-order valence-electron chi connectivity index (χ4n) is 2.52. The third-order valence-corrected chi connectivity index (χ3v) is 3.77. The molecule has 0 radical (unpaired) electrons. The summed E-state index contributed by atoms with van der Waals surface area (Å²) in [5.74, 6) is -0.820. The van der Waals surface area contributed by atoms with Gasteiger partial charge in [0.1, 0.15) is 5.69 Å². The minimum absolute atomic E-state index is 0.0312. The van der Waals surface area contributed by atoms with E-state index in [4.69, 9.17) is 5.21 Å². The standard InChI is InChI=1S/C16H17N5O3/c22-14(11-4-2-1-3-5-11)13-12(15(23)20-24)10-18-16(19-13)21-8-6-17-7-9-21/h1-5,10,17,24H,6-9H2,(H,20,23). The minimum Gasteiger partial charge on any atom is -0.338 e. The van der Waals surface area contributed by atoms with Gasteiger partial charge in [-0.15, -0.1) is 0 Å². The predicted molar refractivity (Wildman–Crippen MR) is 86.2 cm³/mol. The highest BCUT2D eigenvalue weighted by atomic mass is 16.5. The van der Waals surface area contributed by atoms with Crippen LogP contribution in [-0.2, 0) is 0 Å². The summed E-state index contributed by atoms with van der Waals surface area (Å²) >= 11 is 0. The third-order valence-electron chi connectivity index (χ3n) is 3.77. The van der Waals surface area contributed by atoms with Crippen LogP contribution in [0, 0.1) is 0 Å². The Morgan fingerprint density at radius 2 is 1.88 bits per heavy atom. The lowest BCUT2D eigenvalue weighted by Gasteiger charge is -2.27. The van der Waals surface area contributed by atoms with Crippen molar-refractivity contribution in [1.29, 1.82) is 0 Å². The summed E-state index contributed by atoms with van der Waals surface area (Å²) in [4.78, 5) is 35.0. The number of hydrogen-bond acceptors (Lipinski definition) is 7. The van der Waals surface area contributed by atoms with E-state index in [1.54, 1.807) is 30.3 Å². The van der Waals surface area contributed by atoms with E-state index in [0.717, 1.165) is 13.1 Å². The van der Waals surface area contributed by atoms with Gasteiger partial charge in [-0.25, -0.2) is 15.4 Å². The summed E-state index contributed by atoms with van der Waals surface area (Å²) in [6, 6.07) is 8.56. The minimum atomic E-state index is -0.818. The van der Waals surface area contributed by atoms with Gasteiger partial charge in [-0.3, -0.25) is 14.8 Å². The summed E-state index contributed by atoms with van der Waals surface area (Å²) in [5.41, 5.74) is 1.85. The molecule has 1 amide bonds. The number of aromatic nitrogens is 2. The molecule has 8 heteroatoms. The number of carbonyl (C=O) groups is 2. The van der Waals surface area contributed by atoms with Gasteiger partial charge in [0.15, 0.2) is 0 Å². The smallest absolute Gasteiger partial charge is 0.278 e. The molecular weight excluding hydrogens is 310 g/mol. The fourth-order valence-corrected chi connectivity index (χ4v) is 2.52. The van der Waals surface area contributed by atoms with Crippen LogP contribution in [0.1, 0.15) is 26.4 Å².